The molecule has 0 bridgehead atoms. The minimum absolute atomic E-state index is 0.0496. The Hall–Kier alpha value is -3.86. The van der Waals surface area contributed by atoms with Crippen molar-refractivity contribution in [3.63, 3.8) is 0 Å². The molecule has 2 N–H and O–H groups in total. The van der Waals surface area contributed by atoms with Crippen LogP contribution in [0.5, 0.6) is 17.2 Å². The molecule has 0 amide bonds. The van der Waals surface area contributed by atoms with Gasteiger partial charge in [0.1, 0.15) is 23.5 Å². The van der Waals surface area contributed by atoms with Gasteiger partial charge in [-0.1, -0.05) is 18.2 Å². The van der Waals surface area contributed by atoms with Crippen LogP contribution in [-0.4, -0.2) is 33.4 Å². The SMILES string of the molecule is COc1cc(C2C(C#N)=C(N)OC3=C2C(=O)OC2C=CC=CC32)cc(OC)c1OC. The van der Waals surface area contributed by atoms with Gasteiger partial charge in [0.15, 0.2) is 11.5 Å². The lowest BCUT2D eigenvalue weighted by atomic mass is 9.78. The van der Waals surface area contributed by atoms with E-state index < -0.39 is 18.0 Å². The van der Waals surface area contributed by atoms with Gasteiger partial charge in [-0.15, -0.1) is 0 Å². The summed E-state index contributed by atoms with van der Waals surface area (Å²) in [7, 11) is 4.48. The summed E-state index contributed by atoms with van der Waals surface area (Å²) in [6, 6.07) is 5.44. The van der Waals surface area contributed by atoms with Crippen LogP contribution in [0.25, 0.3) is 0 Å². The third-order valence-corrected chi connectivity index (χ3v) is 5.32. The number of nitrogens with two attached hydrogens (primary N) is 1. The number of carbonyl (C=O) groups is 1. The first-order valence-electron chi connectivity index (χ1n) is 9.21. The molecule has 1 aliphatic carbocycles. The average Bonchev–Trinajstić information content (AvgIpc) is 2.77. The third kappa shape index (κ3) is 2.87. The lowest BCUT2D eigenvalue weighted by molar-refractivity contribution is -0.146. The molecule has 2 aliphatic heterocycles. The summed E-state index contributed by atoms with van der Waals surface area (Å²) in [5, 5.41) is 9.80. The fraction of sp³-hybridized carbons (Fsp3) is 0.273. The number of ether oxygens (including phenoxy) is 5. The summed E-state index contributed by atoms with van der Waals surface area (Å²) in [6.45, 7) is 0. The standard InChI is InChI=1S/C22H20N2O6/c1-26-15-8-11(9-16(27-2)20(15)28-3)17-13(10-23)21(24)30-19-12-6-4-5-7-14(12)29-22(25)18(17)19/h4-9,12,14,17H,24H2,1-3H3. The Bertz CT molecular complexity index is 1050. The van der Waals surface area contributed by atoms with Crippen molar-refractivity contribution in [1.82, 2.24) is 0 Å². The Labute approximate surface area is 173 Å². The van der Waals surface area contributed by atoms with E-state index in [-0.39, 0.29) is 22.9 Å². The molecule has 0 aromatic heterocycles. The number of methoxy groups -OCH3 is 3. The fourth-order valence-electron chi connectivity index (χ4n) is 3.97. The summed E-state index contributed by atoms with van der Waals surface area (Å²) in [6.07, 6.45) is 6.83. The molecule has 1 aromatic carbocycles. The van der Waals surface area contributed by atoms with E-state index in [1.165, 1.54) is 21.3 Å². The first kappa shape index (κ1) is 19.5. The molecule has 154 valence electrons. The van der Waals surface area contributed by atoms with Gasteiger partial charge in [-0.2, -0.15) is 5.26 Å². The van der Waals surface area contributed by atoms with Crippen molar-refractivity contribution >= 4 is 5.97 Å². The van der Waals surface area contributed by atoms with Gasteiger partial charge in [0.2, 0.25) is 11.6 Å². The smallest absolute Gasteiger partial charge is 0.339 e. The zero-order valence-corrected chi connectivity index (χ0v) is 16.7. The number of carbonyl (C=O) groups excluding carboxylic acids is 1. The average molecular weight is 408 g/mol. The van der Waals surface area contributed by atoms with Crippen LogP contribution in [0.3, 0.4) is 0 Å². The molecule has 3 aliphatic rings. The third-order valence-electron chi connectivity index (χ3n) is 5.32. The summed E-state index contributed by atoms with van der Waals surface area (Å²) < 4.78 is 27.7. The quantitative estimate of drug-likeness (QED) is 0.756. The fourth-order valence-corrected chi connectivity index (χ4v) is 3.97. The normalized spacial score (nSPS) is 24.3. The summed E-state index contributed by atoms with van der Waals surface area (Å²) in [5.41, 5.74) is 7.01. The highest BCUT2D eigenvalue weighted by atomic mass is 16.6. The van der Waals surface area contributed by atoms with E-state index in [1.54, 1.807) is 24.3 Å². The molecule has 0 radical (unpaired) electrons. The lowest BCUT2D eigenvalue weighted by Gasteiger charge is -2.37. The summed E-state index contributed by atoms with van der Waals surface area (Å²) in [4.78, 5) is 13.0. The first-order valence-corrected chi connectivity index (χ1v) is 9.21. The lowest BCUT2D eigenvalue weighted by Crippen LogP contribution is -2.39. The van der Waals surface area contributed by atoms with Gasteiger partial charge in [-0.3, -0.25) is 0 Å². The zero-order chi connectivity index (χ0) is 21.4. The van der Waals surface area contributed by atoms with Gasteiger partial charge in [0.25, 0.3) is 0 Å². The van der Waals surface area contributed by atoms with Gasteiger partial charge in [0, 0.05) is 0 Å². The van der Waals surface area contributed by atoms with Gasteiger partial charge < -0.3 is 29.4 Å². The molecule has 1 aromatic rings. The second-order valence-corrected chi connectivity index (χ2v) is 6.83. The molecule has 3 unspecified atom stereocenters. The van der Waals surface area contributed by atoms with E-state index in [9.17, 15) is 10.1 Å². The molecule has 0 saturated heterocycles. The molecule has 0 spiro atoms. The Kier molecular flexibility index (Phi) is 4.88. The van der Waals surface area contributed by atoms with E-state index >= 15 is 0 Å². The number of esters is 1. The van der Waals surface area contributed by atoms with Gasteiger partial charge in [0.05, 0.1) is 38.7 Å². The van der Waals surface area contributed by atoms with E-state index in [2.05, 4.69) is 6.07 Å². The predicted molar refractivity (Wildman–Crippen MR) is 105 cm³/mol. The maximum Gasteiger partial charge on any atom is 0.339 e. The van der Waals surface area contributed by atoms with E-state index in [0.29, 0.717) is 28.6 Å². The monoisotopic (exact) mass is 408 g/mol. The number of hydrogen-bond donors (Lipinski definition) is 1. The predicted octanol–water partition coefficient (Wildman–Crippen LogP) is 2.44. The van der Waals surface area contributed by atoms with Crippen molar-refractivity contribution in [2.75, 3.05) is 21.3 Å². The van der Waals surface area contributed by atoms with Crippen molar-refractivity contribution < 1.29 is 28.5 Å². The van der Waals surface area contributed by atoms with Crippen LogP contribution in [0.4, 0.5) is 0 Å². The second kappa shape index (κ2) is 7.52. The minimum atomic E-state index is -0.805. The van der Waals surface area contributed by atoms with E-state index in [4.69, 9.17) is 29.4 Å². The Morgan fingerprint density at radius 3 is 2.33 bits per heavy atom. The van der Waals surface area contributed by atoms with Crippen LogP contribution in [0.2, 0.25) is 0 Å². The minimum Gasteiger partial charge on any atom is -0.493 e. The maximum atomic E-state index is 13.0. The number of nitriles is 1. The molecule has 2 heterocycles. The number of fused-ring (bicyclic) bond motifs is 2. The van der Waals surface area contributed by atoms with Crippen molar-refractivity contribution in [2.45, 2.75) is 12.0 Å². The van der Waals surface area contributed by atoms with E-state index in [0.717, 1.165) is 0 Å². The molecule has 0 saturated carbocycles. The van der Waals surface area contributed by atoms with Crippen LogP contribution in [0, 0.1) is 17.2 Å². The van der Waals surface area contributed by atoms with E-state index in [1.807, 2.05) is 12.2 Å². The van der Waals surface area contributed by atoms with Crippen molar-refractivity contribution in [2.24, 2.45) is 11.7 Å². The van der Waals surface area contributed by atoms with Crippen LogP contribution >= 0.6 is 0 Å². The first-order chi connectivity index (χ1) is 14.5. The van der Waals surface area contributed by atoms with Crippen LogP contribution < -0.4 is 19.9 Å². The Morgan fingerprint density at radius 1 is 1.07 bits per heavy atom. The highest BCUT2D eigenvalue weighted by molar-refractivity contribution is 5.94. The second-order valence-electron chi connectivity index (χ2n) is 6.83. The number of benzene rings is 1. The van der Waals surface area contributed by atoms with Gasteiger partial charge in [-0.25, -0.2) is 4.79 Å². The van der Waals surface area contributed by atoms with Crippen molar-refractivity contribution in [3.05, 3.63) is 64.8 Å². The molecular weight excluding hydrogens is 388 g/mol. The largest absolute Gasteiger partial charge is 0.493 e. The number of hydrogen-bond acceptors (Lipinski definition) is 8. The summed E-state index contributed by atoms with van der Waals surface area (Å²) >= 11 is 0. The zero-order valence-electron chi connectivity index (χ0n) is 16.7. The van der Waals surface area contributed by atoms with Gasteiger partial charge in [-0.05, 0) is 23.8 Å². The molecule has 8 heteroatoms. The number of allylic oxidation sites excluding steroid dienone is 3. The Balaban J connectivity index is 1.94. The van der Waals surface area contributed by atoms with Crippen molar-refractivity contribution in [3.8, 4) is 23.3 Å². The topological polar surface area (TPSA) is 113 Å². The molecule has 30 heavy (non-hydrogen) atoms. The molecule has 8 nitrogen and oxygen atoms in total. The Morgan fingerprint density at radius 2 is 1.73 bits per heavy atom. The number of rotatable bonds is 4. The molecule has 4 rings (SSSR count). The molecule has 0 fully saturated rings. The molecular formula is C22H20N2O6. The van der Waals surface area contributed by atoms with Crippen LogP contribution in [0.1, 0.15) is 11.5 Å². The summed E-state index contributed by atoms with van der Waals surface area (Å²) in [5.74, 6) is -0.195. The number of nitrogens with zero attached hydrogens (tertiary/aromatic N) is 1. The van der Waals surface area contributed by atoms with Crippen molar-refractivity contribution in [1.29, 1.82) is 5.26 Å². The van der Waals surface area contributed by atoms with Gasteiger partial charge >= 0.3 is 5.97 Å². The highest BCUT2D eigenvalue weighted by Gasteiger charge is 2.46. The van der Waals surface area contributed by atoms with Crippen LogP contribution in [-0.2, 0) is 14.3 Å². The highest BCUT2D eigenvalue weighted by Crippen LogP contribution is 2.49. The van der Waals surface area contributed by atoms with Crippen LogP contribution in [0.15, 0.2) is 59.2 Å². The molecule has 3 atom stereocenters. The maximum absolute atomic E-state index is 13.0.